The van der Waals surface area contributed by atoms with Gasteiger partial charge in [-0.1, -0.05) is 13.3 Å². The Morgan fingerprint density at radius 3 is 2.85 bits per heavy atom. The maximum Gasteiger partial charge on any atom is 0.419 e. The standard InChI is InChI=1S/C13H16N2O4S/c1-2-3-9(8-20)7-14-11-6-10(15(17)18)4-5-12(11)19-13(14)16/h4-6,9,20H,2-3,7-8H2,1H3. The van der Waals surface area contributed by atoms with Crippen LogP contribution in [0, 0.1) is 16.0 Å². The Morgan fingerprint density at radius 2 is 2.25 bits per heavy atom. The second kappa shape index (κ2) is 6.13. The molecule has 2 rings (SSSR count). The van der Waals surface area contributed by atoms with Crippen LogP contribution in [0.3, 0.4) is 0 Å². The summed E-state index contributed by atoms with van der Waals surface area (Å²) < 4.78 is 6.57. The van der Waals surface area contributed by atoms with Crippen molar-refractivity contribution in [3.05, 3.63) is 38.9 Å². The lowest BCUT2D eigenvalue weighted by Crippen LogP contribution is -2.21. The third kappa shape index (κ3) is 2.87. The zero-order valence-electron chi connectivity index (χ0n) is 11.1. The maximum atomic E-state index is 11.9. The molecule has 7 heteroatoms. The van der Waals surface area contributed by atoms with Crippen molar-refractivity contribution in [2.75, 3.05) is 5.75 Å². The number of hydrogen-bond acceptors (Lipinski definition) is 5. The molecule has 0 bridgehead atoms. The number of non-ortho nitro benzene ring substituents is 1. The number of hydrogen-bond donors (Lipinski definition) is 1. The second-order valence-corrected chi connectivity index (χ2v) is 5.09. The van der Waals surface area contributed by atoms with Crippen molar-refractivity contribution in [3.8, 4) is 0 Å². The van der Waals surface area contributed by atoms with Crippen LogP contribution in [0.15, 0.2) is 27.4 Å². The van der Waals surface area contributed by atoms with Gasteiger partial charge in [-0.05, 0) is 24.2 Å². The lowest BCUT2D eigenvalue weighted by Gasteiger charge is -2.13. The van der Waals surface area contributed by atoms with Crippen molar-refractivity contribution in [2.45, 2.75) is 26.3 Å². The molecule has 0 saturated heterocycles. The monoisotopic (exact) mass is 296 g/mol. The molecule has 0 aliphatic heterocycles. The van der Waals surface area contributed by atoms with Crippen LogP contribution in [0.1, 0.15) is 19.8 Å². The zero-order valence-corrected chi connectivity index (χ0v) is 12.0. The Balaban J connectivity index is 2.45. The summed E-state index contributed by atoms with van der Waals surface area (Å²) in [5.74, 6) is 0.409. The number of nitro groups is 1. The van der Waals surface area contributed by atoms with Gasteiger partial charge in [0, 0.05) is 18.7 Å². The first-order valence-corrected chi connectivity index (χ1v) is 7.08. The van der Waals surface area contributed by atoms with Gasteiger partial charge < -0.3 is 4.42 Å². The van der Waals surface area contributed by atoms with E-state index in [1.807, 2.05) is 0 Å². The van der Waals surface area contributed by atoms with Gasteiger partial charge in [0.1, 0.15) is 0 Å². The molecule has 0 amide bonds. The van der Waals surface area contributed by atoms with E-state index in [4.69, 9.17) is 4.42 Å². The smallest absolute Gasteiger partial charge is 0.408 e. The average molecular weight is 296 g/mol. The van der Waals surface area contributed by atoms with E-state index in [1.165, 1.54) is 22.8 Å². The summed E-state index contributed by atoms with van der Waals surface area (Å²) >= 11 is 4.29. The van der Waals surface area contributed by atoms with Gasteiger partial charge in [0.15, 0.2) is 5.58 Å². The van der Waals surface area contributed by atoms with Crippen molar-refractivity contribution in [1.29, 1.82) is 0 Å². The van der Waals surface area contributed by atoms with E-state index in [1.54, 1.807) is 0 Å². The Labute approximate surface area is 120 Å². The van der Waals surface area contributed by atoms with Gasteiger partial charge in [-0.2, -0.15) is 12.6 Å². The lowest BCUT2D eigenvalue weighted by atomic mass is 10.1. The fraction of sp³-hybridized carbons (Fsp3) is 0.462. The van der Waals surface area contributed by atoms with Crippen molar-refractivity contribution in [1.82, 2.24) is 4.57 Å². The minimum absolute atomic E-state index is 0.0510. The Kier molecular flexibility index (Phi) is 4.49. The highest BCUT2D eigenvalue weighted by atomic mass is 32.1. The first kappa shape index (κ1) is 14.6. The van der Waals surface area contributed by atoms with Gasteiger partial charge in [-0.3, -0.25) is 14.7 Å². The number of oxazole rings is 1. The molecule has 1 aromatic carbocycles. The molecule has 6 nitrogen and oxygen atoms in total. The molecule has 0 aliphatic carbocycles. The largest absolute Gasteiger partial charge is 0.419 e. The highest BCUT2D eigenvalue weighted by molar-refractivity contribution is 7.80. The van der Waals surface area contributed by atoms with Gasteiger partial charge in [-0.25, -0.2) is 4.79 Å². The van der Waals surface area contributed by atoms with Crippen LogP contribution in [0.4, 0.5) is 5.69 Å². The Bertz CT molecular complexity index is 677. The molecule has 0 radical (unpaired) electrons. The van der Waals surface area contributed by atoms with E-state index in [-0.39, 0.29) is 11.6 Å². The molecular weight excluding hydrogens is 280 g/mol. The van der Waals surface area contributed by atoms with Gasteiger partial charge in [0.2, 0.25) is 0 Å². The van der Waals surface area contributed by atoms with Crippen LogP contribution in [0.2, 0.25) is 0 Å². The molecule has 108 valence electrons. The third-order valence-electron chi connectivity index (χ3n) is 3.26. The van der Waals surface area contributed by atoms with E-state index >= 15 is 0 Å². The normalized spacial score (nSPS) is 12.7. The fourth-order valence-corrected chi connectivity index (χ4v) is 2.54. The van der Waals surface area contributed by atoms with Crippen LogP contribution in [0.5, 0.6) is 0 Å². The third-order valence-corrected chi connectivity index (χ3v) is 3.77. The highest BCUT2D eigenvalue weighted by Crippen LogP contribution is 2.21. The molecule has 1 unspecified atom stereocenters. The minimum atomic E-state index is -0.483. The molecule has 20 heavy (non-hydrogen) atoms. The van der Waals surface area contributed by atoms with Crippen LogP contribution in [-0.2, 0) is 6.54 Å². The number of thiol groups is 1. The van der Waals surface area contributed by atoms with E-state index in [0.717, 1.165) is 12.8 Å². The molecule has 0 fully saturated rings. The Hall–Kier alpha value is -1.76. The summed E-state index contributed by atoms with van der Waals surface area (Å²) in [7, 11) is 0. The molecule has 0 saturated carbocycles. The summed E-state index contributed by atoms with van der Waals surface area (Å²) in [5, 5.41) is 10.8. The summed E-state index contributed by atoms with van der Waals surface area (Å²) in [5.41, 5.74) is 0.784. The fourth-order valence-electron chi connectivity index (χ4n) is 2.24. The molecule has 0 spiro atoms. The highest BCUT2D eigenvalue weighted by Gasteiger charge is 2.16. The SMILES string of the molecule is CCCC(CS)Cn1c(=O)oc2ccc([N+](=O)[O-])cc21. The van der Waals surface area contributed by atoms with Crippen LogP contribution in [0.25, 0.3) is 11.1 Å². The molecule has 1 atom stereocenters. The zero-order chi connectivity index (χ0) is 14.7. The van der Waals surface area contributed by atoms with Gasteiger partial charge in [-0.15, -0.1) is 0 Å². The van der Waals surface area contributed by atoms with Crippen LogP contribution >= 0.6 is 12.6 Å². The molecule has 1 aromatic heterocycles. The van der Waals surface area contributed by atoms with E-state index in [9.17, 15) is 14.9 Å². The summed E-state index contributed by atoms with van der Waals surface area (Å²) in [4.78, 5) is 22.2. The molecule has 0 N–H and O–H groups in total. The van der Waals surface area contributed by atoms with Crippen LogP contribution in [-0.4, -0.2) is 15.2 Å². The number of aromatic nitrogens is 1. The van der Waals surface area contributed by atoms with Crippen molar-refractivity contribution in [3.63, 3.8) is 0 Å². The van der Waals surface area contributed by atoms with E-state index < -0.39 is 10.7 Å². The first-order chi connectivity index (χ1) is 9.56. The van der Waals surface area contributed by atoms with Crippen molar-refractivity contribution in [2.24, 2.45) is 5.92 Å². The number of nitrogens with zero attached hydrogens (tertiary/aromatic N) is 2. The number of benzene rings is 1. The predicted molar refractivity (Wildman–Crippen MR) is 79.4 cm³/mol. The van der Waals surface area contributed by atoms with E-state index in [2.05, 4.69) is 19.6 Å². The topological polar surface area (TPSA) is 78.3 Å². The van der Waals surface area contributed by atoms with Gasteiger partial charge >= 0.3 is 5.76 Å². The van der Waals surface area contributed by atoms with Gasteiger partial charge in [0.05, 0.1) is 10.4 Å². The number of nitro benzene ring substituents is 1. The molecule has 0 aliphatic rings. The molecule has 1 heterocycles. The average Bonchev–Trinajstić information content (AvgIpc) is 2.73. The summed E-state index contributed by atoms with van der Waals surface area (Å²) in [6.45, 7) is 2.53. The molecule has 2 aromatic rings. The lowest BCUT2D eigenvalue weighted by molar-refractivity contribution is -0.384. The summed E-state index contributed by atoms with van der Waals surface area (Å²) in [6.07, 6.45) is 1.94. The first-order valence-electron chi connectivity index (χ1n) is 6.45. The van der Waals surface area contributed by atoms with Crippen LogP contribution < -0.4 is 5.76 Å². The van der Waals surface area contributed by atoms with Gasteiger partial charge in [0.25, 0.3) is 5.69 Å². The van der Waals surface area contributed by atoms with E-state index in [0.29, 0.717) is 23.4 Å². The maximum absolute atomic E-state index is 11.9. The number of rotatable bonds is 6. The quantitative estimate of drug-likeness (QED) is 0.505. The Morgan fingerprint density at radius 1 is 1.50 bits per heavy atom. The molecular formula is C13H16N2O4S. The summed E-state index contributed by atoms with van der Waals surface area (Å²) in [6, 6.07) is 4.17. The second-order valence-electron chi connectivity index (χ2n) is 4.72. The van der Waals surface area contributed by atoms with Crippen molar-refractivity contribution >= 4 is 29.4 Å². The minimum Gasteiger partial charge on any atom is -0.408 e. The number of fused-ring (bicyclic) bond motifs is 1. The predicted octanol–water partition coefficient (Wildman–Crippen LogP) is 2.85. The van der Waals surface area contributed by atoms with Crippen molar-refractivity contribution < 1.29 is 9.34 Å².